The lowest BCUT2D eigenvalue weighted by atomic mass is 10.4. The van der Waals surface area contributed by atoms with Crippen molar-refractivity contribution in [3.8, 4) is 0 Å². The summed E-state index contributed by atoms with van der Waals surface area (Å²) < 4.78 is 0. The van der Waals surface area contributed by atoms with Crippen LogP contribution in [0.5, 0.6) is 0 Å². The van der Waals surface area contributed by atoms with E-state index in [-0.39, 0.29) is 0 Å². The van der Waals surface area contributed by atoms with Gasteiger partial charge in [-0.3, -0.25) is 0 Å². The van der Waals surface area contributed by atoms with E-state index in [1.54, 1.807) is 0 Å². The molecule has 0 aromatic rings. The number of rotatable bonds is 2. The van der Waals surface area contributed by atoms with Gasteiger partial charge in [-0.05, 0) is 6.92 Å². The zero-order chi connectivity index (χ0) is 5.70. The first-order valence-corrected chi connectivity index (χ1v) is 4.17. The quantitative estimate of drug-likeness (QED) is 0.503. The molecule has 0 spiro atoms. The van der Waals surface area contributed by atoms with Gasteiger partial charge in [-0.1, -0.05) is 44.0 Å². The third-order valence-electron chi connectivity index (χ3n) is 0.490. The van der Waals surface area contributed by atoms with Gasteiger partial charge in [0.05, 0.1) is 0 Å². The van der Waals surface area contributed by atoms with Crippen molar-refractivity contribution >= 4 is 31.9 Å². The number of alkyl halides is 2. The smallest absolute Gasteiger partial charge is 0.0297 e. The normalized spacial score (nSPS) is 15.3. The highest BCUT2D eigenvalue weighted by atomic mass is 79.9. The third-order valence-corrected chi connectivity index (χ3v) is 1.17. The van der Waals surface area contributed by atoms with Gasteiger partial charge in [0.25, 0.3) is 0 Å². The maximum Gasteiger partial charge on any atom is 0.0297 e. The van der Waals surface area contributed by atoms with Crippen molar-refractivity contribution in [1.82, 2.24) is 0 Å². The topological polar surface area (TPSA) is 0 Å². The summed E-state index contributed by atoms with van der Waals surface area (Å²) in [4.78, 5) is 0.505. The van der Waals surface area contributed by atoms with Crippen LogP contribution >= 0.6 is 31.9 Å². The van der Waals surface area contributed by atoms with E-state index >= 15 is 0 Å². The predicted octanol–water partition coefficient (Wildman–Crippen LogP) is 2.72. The molecular weight excluding hydrogens is 220 g/mol. The largest absolute Gasteiger partial charge is 0.0883 e. The molecule has 0 rings (SSSR count). The van der Waals surface area contributed by atoms with E-state index in [0.29, 0.717) is 4.83 Å². The third kappa shape index (κ3) is 6.70. The van der Waals surface area contributed by atoms with E-state index in [1.807, 2.05) is 0 Å². The molecule has 0 nitrogen and oxygen atoms in total. The van der Waals surface area contributed by atoms with Crippen LogP contribution < -0.4 is 0 Å². The lowest BCUT2D eigenvalue weighted by Gasteiger charge is -1.86. The average Bonchev–Trinajstić information content (AvgIpc) is 1.61. The highest BCUT2D eigenvalue weighted by Gasteiger charge is 1.81. The Morgan fingerprint density at radius 1 is 1.71 bits per heavy atom. The minimum atomic E-state index is 0.505. The van der Waals surface area contributed by atoms with Crippen LogP contribution in [0.2, 0.25) is 0 Å². The zero-order valence-electron chi connectivity index (χ0n) is 4.20. The maximum atomic E-state index is 3.37. The number of allylic oxidation sites excluding steroid dienone is 2. The first-order chi connectivity index (χ1) is 3.27. The standard InChI is InChI=1S/C5H8Br2/c1-5(7)3-2-4-6/h2-3,5H,4H2,1H3. The van der Waals surface area contributed by atoms with Crippen LogP contribution in [0.25, 0.3) is 0 Å². The SMILES string of the molecule is CC(Br)C=CCBr. The van der Waals surface area contributed by atoms with Crippen molar-refractivity contribution in [2.75, 3.05) is 5.33 Å². The van der Waals surface area contributed by atoms with Crippen LogP contribution in [0.3, 0.4) is 0 Å². The Hall–Kier alpha value is 0.700. The summed E-state index contributed by atoms with van der Waals surface area (Å²) >= 11 is 6.64. The van der Waals surface area contributed by atoms with Crippen LogP contribution in [-0.2, 0) is 0 Å². The van der Waals surface area contributed by atoms with Gasteiger partial charge in [0, 0.05) is 10.2 Å². The molecule has 0 bridgehead atoms. The summed E-state index contributed by atoms with van der Waals surface area (Å²) in [6, 6.07) is 0. The zero-order valence-corrected chi connectivity index (χ0v) is 7.37. The first kappa shape index (κ1) is 7.70. The molecule has 0 aliphatic rings. The van der Waals surface area contributed by atoms with E-state index in [9.17, 15) is 0 Å². The molecule has 0 aromatic heterocycles. The molecule has 0 aliphatic heterocycles. The first-order valence-electron chi connectivity index (χ1n) is 2.14. The summed E-state index contributed by atoms with van der Waals surface area (Å²) in [6.45, 7) is 2.08. The van der Waals surface area contributed by atoms with Gasteiger partial charge in [0.15, 0.2) is 0 Å². The molecule has 42 valence electrons. The molecule has 7 heavy (non-hydrogen) atoms. The van der Waals surface area contributed by atoms with Crippen LogP contribution in [0, 0.1) is 0 Å². The summed E-state index contributed by atoms with van der Waals surface area (Å²) in [5.41, 5.74) is 0. The van der Waals surface area contributed by atoms with E-state index in [2.05, 4.69) is 50.9 Å². The Kier molecular flexibility index (Phi) is 5.33. The second-order valence-corrected chi connectivity index (χ2v) is 3.35. The molecule has 0 aliphatic carbocycles. The fourth-order valence-corrected chi connectivity index (χ4v) is 0.671. The lowest BCUT2D eigenvalue weighted by molar-refractivity contribution is 1.27. The van der Waals surface area contributed by atoms with Crippen molar-refractivity contribution in [1.29, 1.82) is 0 Å². The Balaban J connectivity index is 3.08. The second kappa shape index (κ2) is 4.85. The number of hydrogen-bond donors (Lipinski definition) is 0. The fraction of sp³-hybridized carbons (Fsp3) is 0.600. The monoisotopic (exact) mass is 226 g/mol. The van der Waals surface area contributed by atoms with E-state index in [0.717, 1.165) is 5.33 Å². The Morgan fingerprint density at radius 3 is 2.43 bits per heavy atom. The van der Waals surface area contributed by atoms with Gasteiger partial charge in [-0.25, -0.2) is 0 Å². The van der Waals surface area contributed by atoms with Crippen molar-refractivity contribution in [2.45, 2.75) is 11.8 Å². The molecular formula is C5H8Br2. The Morgan fingerprint density at radius 2 is 2.29 bits per heavy atom. The molecule has 0 saturated heterocycles. The van der Waals surface area contributed by atoms with Crippen LogP contribution in [-0.4, -0.2) is 10.2 Å². The van der Waals surface area contributed by atoms with Crippen molar-refractivity contribution in [2.24, 2.45) is 0 Å². The van der Waals surface area contributed by atoms with Gasteiger partial charge < -0.3 is 0 Å². The fourth-order valence-electron chi connectivity index (χ4n) is 0.239. The average molecular weight is 228 g/mol. The van der Waals surface area contributed by atoms with Crippen LogP contribution in [0.15, 0.2) is 12.2 Å². The highest BCUT2D eigenvalue weighted by molar-refractivity contribution is 9.09. The van der Waals surface area contributed by atoms with Gasteiger partial charge >= 0.3 is 0 Å². The predicted molar refractivity (Wildman–Crippen MR) is 41.3 cm³/mol. The molecule has 0 amide bonds. The van der Waals surface area contributed by atoms with Crippen molar-refractivity contribution in [3.05, 3.63) is 12.2 Å². The summed E-state index contributed by atoms with van der Waals surface area (Å²) in [6.07, 6.45) is 4.16. The molecule has 1 atom stereocenters. The number of hydrogen-bond acceptors (Lipinski definition) is 0. The molecule has 0 aromatic carbocycles. The van der Waals surface area contributed by atoms with Crippen LogP contribution in [0.1, 0.15) is 6.92 Å². The minimum Gasteiger partial charge on any atom is -0.0883 e. The van der Waals surface area contributed by atoms with Gasteiger partial charge in [0.2, 0.25) is 0 Å². The minimum absolute atomic E-state index is 0.505. The van der Waals surface area contributed by atoms with E-state index in [1.165, 1.54) is 0 Å². The van der Waals surface area contributed by atoms with E-state index in [4.69, 9.17) is 0 Å². The lowest BCUT2D eigenvalue weighted by Crippen LogP contribution is -1.78. The molecule has 0 saturated carbocycles. The van der Waals surface area contributed by atoms with Gasteiger partial charge in [0.1, 0.15) is 0 Å². The summed E-state index contributed by atoms with van der Waals surface area (Å²) in [7, 11) is 0. The molecule has 0 radical (unpaired) electrons. The summed E-state index contributed by atoms with van der Waals surface area (Å²) in [5.74, 6) is 0. The van der Waals surface area contributed by atoms with Gasteiger partial charge in [-0.15, -0.1) is 0 Å². The highest BCUT2D eigenvalue weighted by Crippen LogP contribution is 1.98. The van der Waals surface area contributed by atoms with Crippen molar-refractivity contribution in [3.63, 3.8) is 0 Å². The second-order valence-electron chi connectivity index (χ2n) is 1.26. The maximum absolute atomic E-state index is 3.37. The summed E-state index contributed by atoms with van der Waals surface area (Å²) in [5, 5.41) is 0.947. The Labute approximate surface area is 61.2 Å². The molecule has 1 unspecified atom stereocenters. The van der Waals surface area contributed by atoms with Crippen molar-refractivity contribution < 1.29 is 0 Å². The molecule has 2 heteroatoms. The Bertz CT molecular complexity index is 57.1. The van der Waals surface area contributed by atoms with Gasteiger partial charge in [-0.2, -0.15) is 0 Å². The molecule has 0 heterocycles. The van der Waals surface area contributed by atoms with Crippen LogP contribution in [0.4, 0.5) is 0 Å². The van der Waals surface area contributed by atoms with E-state index < -0.39 is 0 Å². The number of halogens is 2. The molecule has 0 N–H and O–H groups in total. The molecule has 0 fully saturated rings.